The van der Waals surface area contributed by atoms with Gasteiger partial charge >= 0.3 is 5.97 Å². The number of para-hydroxylation sites is 1. The van der Waals surface area contributed by atoms with E-state index in [1.807, 2.05) is 42.5 Å². The number of methoxy groups -OCH3 is 1. The topological polar surface area (TPSA) is 105 Å². The first-order valence-corrected chi connectivity index (χ1v) is 12.6. The van der Waals surface area contributed by atoms with Crippen molar-refractivity contribution in [3.8, 4) is 0 Å². The Morgan fingerprint density at radius 1 is 1.17 bits per heavy atom. The summed E-state index contributed by atoms with van der Waals surface area (Å²) in [6, 6.07) is 13.5. The number of carbonyl (C=O) groups is 2. The summed E-state index contributed by atoms with van der Waals surface area (Å²) in [6.45, 7) is 1.04. The van der Waals surface area contributed by atoms with Crippen LogP contribution in [-0.4, -0.2) is 47.2 Å². The first-order chi connectivity index (χ1) is 17.1. The van der Waals surface area contributed by atoms with E-state index < -0.39 is 5.97 Å². The predicted octanol–water partition coefficient (Wildman–Crippen LogP) is 4.36. The maximum Gasteiger partial charge on any atom is 0.358 e. The lowest BCUT2D eigenvalue weighted by Gasteiger charge is -2.29. The second-order valence-corrected chi connectivity index (χ2v) is 9.88. The van der Waals surface area contributed by atoms with Crippen LogP contribution in [0.15, 0.2) is 48.5 Å². The Labute approximate surface area is 209 Å². The van der Waals surface area contributed by atoms with Gasteiger partial charge in [0.1, 0.15) is 0 Å². The lowest BCUT2D eigenvalue weighted by Crippen LogP contribution is -2.32. The number of amides is 1. The first-order valence-electron chi connectivity index (χ1n) is 11.0. The van der Waals surface area contributed by atoms with Gasteiger partial charge in [-0.15, -0.1) is 0 Å². The van der Waals surface area contributed by atoms with Gasteiger partial charge in [-0.2, -0.15) is 0 Å². The molecule has 0 fully saturated rings. The van der Waals surface area contributed by atoms with Gasteiger partial charge < -0.3 is 14.7 Å². The van der Waals surface area contributed by atoms with Gasteiger partial charge in [-0.25, -0.2) is 14.8 Å². The zero-order valence-corrected chi connectivity index (χ0v) is 20.5. The molecule has 0 saturated heterocycles. The van der Waals surface area contributed by atoms with Crippen LogP contribution in [0.5, 0.6) is 0 Å². The normalized spacial score (nSPS) is 13.3. The highest BCUT2D eigenvalue weighted by atomic mass is 32.1. The molecule has 0 spiro atoms. The van der Waals surface area contributed by atoms with E-state index in [0.717, 1.165) is 27.8 Å². The van der Waals surface area contributed by atoms with Crippen molar-refractivity contribution >= 4 is 61.1 Å². The number of hydrogen-bond donors (Lipinski definition) is 2. The molecule has 1 aliphatic rings. The maximum atomic E-state index is 13.2. The molecule has 0 radical (unpaired) electrons. The molecule has 0 unspecified atom stereocenters. The van der Waals surface area contributed by atoms with Gasteiger partial charge in [-0.1, -0.05) is 53.0 Å². The van der Waals surface area contributed by atoms with Crippen molar-refractivity contribution < 1.29 is 19.4 Å². The number of benzene rings is 2. The average molecular weight is 507 g/mol. The third-order valence-corrected chi connectivity index (χ3v) is 7.73. The fraction of sp³-hybridized carbons (Fsp3) is 0.200. The minimum atomic E-state index is -0.529. The van der Waals surface area contributed by atoms with Gasteiger partial charge in [-0.05, 0) is 41.8 Å². The Balaban J connectivity index is 1.42. The van der Waals surface area contributed by atoms with E-state index in [4.69, 9.17) is 9.84 Å². The number of carbonyl (C=O) groups excluding carboxylic acids is 2. The third-order valence-electron chi connectivity index (χ3n) is 5.70. The van der Waals surface area contributed by atoms with E-state index in [2.05, 4.69) is 20.2 Å². The molecule has 0 atom stereocenters. The number of hydrogen-bond acceptors (Lipinski definition) is 9. The molecule has 35 heavy (non-hydrogen) atoms. The molecule has 1 amide bonds. The van der Waals surface area contributed by atoms with Crippen LogP contribution in [-0.2, 0) is 17.7 Å². The number of aromatic nitrogens is 2. The molecule has 2 N–H and O–H groups in total. The zero-order chi connectivity index (χ0) is 24.4. The monoisotopic (exact) mass is 506 g/mol. The van der Waals surface area contributed by atoms with Crippen molar-refractivity contribution in [1.29, 1.82) is 0 Å². The quantitative estimate of drug-likeness (QED) is 0.375. The highest BCUT2D eigenvalue weighted by Crippen LogP contribution is 2.33. The second-order valence-electron chi connectivity index (χ2n) is 7.84. The molecule has 2 aromatic heterocycles. The minimum Gasteiger partial charge on any atom is -0.464 e. The van der Waals surface area contributed by atoms with E-state index in [1.165, 1.54) is 29.8 Å². The molecular formula is C25H22N4O4S2. The van der Waals surface area contributed by atoms with E-state index in [9.17, 15) is 9.59 Å². The molecule has 0 bridgehead atoms. The molecule has 8 nitrogen and oxygen atoms in total. The van der Waals surface area contributed by atoms with Gasteiger partial charge in [-0.3, -0.25) is 10.1 Å². The highest BCUT2D eigenvalue weighted by molar-refractivity contribution is 7.22. The summed E-state index contributed by atoms with van der Waals surface area (Å²) >= 11 is 2.79. The Kier molecular flexibility index (Phi) is 6.58. The number of aliphatic hydroxyl groups is 1. The fourth-order valence-corrected chi connectivity index (χ4v) is 5.89. The maximum absolute atomic E-state index is 13.2. The van der Waals surface area contributed by atoms with Crippen molar-refractivity contribution in [2.75, 3.05) is 30.5 Å². The number of nitrogens with zero attached hydrogens (tertiary/aromatic N) is 3. The lowest BCUT2D eigenvalue weighted by atomic mass is 9.94. The highest BCUT2D eigenvalue weighted by Gasteiger charge is 2.26. The molecular weight excluding hydrogens is 484 g/mol. The number of ether oxygens (including phenoxy) is 1. The van der Waals surface area contributed by atoms with Crippen LogP contribution >= 0.6 is 22.7 Å². The number of aliphatic hydroxyl groups excluding tert-OH is 1. The molecule has 0 saturated carbocycles. The summed E-state index contributed by atoms with van der Waals surface area (Å²) in [6.07, 6.45) is 3.97. The van der Waals surface area contributed by atoms with Crippen LogP contribution in [0.1, 0.15) is 36.9 Å². The van der Waals surface area contributed by atoms with Crippen molar-refractivity contribution in [2.45, 2.75) is 13.0 Å². The van der Waals surface area contributed by atoms with E-state index in [0.29, 0.717) is 33.8 Å². The standard InChI is InChI=1S/C25H22N4O4S2/c1-33-23(32)21-20(10-5-13-30)35-25(27-21)29-12-11-15-6-4-7-16(17(15)14-29)22(31)28-24-26-18-8-2-3-9-19(18)34-24/h2-10,30H,11-14H2,1H3,(H,26,28,31)/b10-5+. The van der Waals surface area contributed by atoms with E-state index >= 15 is 0 Å². The Morgan fingerprint density at radius 3 is 2.83 bits per heavy atom. The summed E-state index contributed by atoms with van der Waals surface area (Å²) < 4.78 is 5.89. The molecule has 2 aromatic carbocycles. The van der Waals surface area contributed by atoms with Crippen LogP contribution in [0, 0.1) is 0 Å². The first kappa shape index (κ1) is 23.2. The number of esters is 1. The van der Waals surface area contributed by atoms with Gasteiger partial charge in [0.25, 0.3) is 5.91 Å². The fourth-order valence-electron chi connectivity index (χ4n) is 4.02. The molecule has 1 aliphatic heterocycles. The number of nitrogens with one attached hydrogen (secondary N) is 1. The van der Waals surface area contributed by atoms with Crippen LogP contribution in [0.2, 0.25) is 0 Å². The number of fused-ring (bicyclic) bond motifs is 2. The predicted molar refractivity (Wildman–Crippen MR) is 138 cm³/mol. The van der Waals surface area contributed by atoms with Crippen LogP contribution in [0.4, 0.5) is 10.3 Å². The van der Waals surface area contributed by atoms with Gasteiger partial charge in [0.2, 0.25) is 0 Å². The number of anilines is 2. The summed E-state index contributed by atoms with van der Waals surface area (Å²) in [5, 5.41) is 13.3. The molecule has 5 rings (SSSR count). The van der Waals surface area contributed by atoms with E-state index in [1.54, 1.807) is 12.2 Å². The second kappa shape index (κ2) is 9.95. The Bertz CT molecular complexity index is 1410. The van der Waals surface area contributed by atoms with Crippen LogP contribution in [0.3, 0.4) is 0 Å². The lowest BCUT2D eigenvalue weighted by molar-refractivity contribution is 0.0594. The van der Waals surface area contributed by atoms with Gasteiger partial charge in [0.15, 0.2) is 16.0 Å². The van der Waals surface area contributed by atoms with Crippen molar-refractivity contribution in [1.82, 2.24) is 9.97 Å². The van der Waals surface area contributed by atoms with Crippen molar-refractivity contribution in [3.63, 3.8) is 0 Å². The zero-order valence-electron chi connectivity index (χ0n) is 18.9. The molecule has 178 valence electrons. The number of rotatable bonds is 6. The molecule has 0 aliphatic carbocycles. The Morgan fingerprint density at radius 2 is 2.03 bits per heavy atom. The van der Waals surface area contributed by atoms with Gasteiger partial charge in [0, 0.05) is 18.7 Å². The van der Waals surface area contributed by atoms with Crippen molar-refractivity contribution in [2.24, 2.45) is 0 Å². The largest absolute Gasteiger partial charge is 0.464 e. The summed E-state index contributed by atoms with van der Waals surface area (Å²) in [5.41, 5.74) is 3.70. The number of thiazole rings is 2. The third kappa shape index (κ3) is 4.68. The van der Waals surface area contributed by atoms with E-state index in [-0.39, 0.29) is 18.2 Å². The smallest absolute Gasteiger partial charge is 0.358 e. The van der Waals surface area contributed by atoms with Crippen LogP contribution < -0.4 is 10.2 Å². The SMILES string of the molecule is COC(=O)c1nc(N2CCc3cccc(C(=O)Nc4nc5ccccc5s4)c3C2)sc1/C=C/CO. The summed E-state index contributed by atoms with van der Waals surface area (Å²) in [7, 11) is 1.31. The Hall–Kier alpha value is -3.60. The molecule has 10 heteroatoms. The molecule has 4 aromatic rings. The minimum absolute atomic E-state index is 0.141. The molecule has 3 heterocycles. The van der Waals surface area contributed by atoms with Gasteiger partial charge in [0.05, 0.1) is 28.8 Å². The average Bonchev–Trinajstić information content (AvgIpc) is 3.50. The summed E-state index contributed by atoms with van der Waals surface area (Å²) in [5.74, 6) is -0.734. The summed E-state index contributed by atoms with van der Waals surface area (Å²) in [4.78, 5) is 37.2. The van der Waals surface area contributed by atoms with Crippen molar-refractivity contribution in [3.05, 3.63) is 75.8 Å². The van der Waals surface area contributed by atoms with Crippen LogP contribution in [0.25, 0.3) is 16.3 Å².